The van der Waals surface area contributed by atoms with Gasteiger partial charge in [-0.05, 0) is 69.7 Å². The van der Waals surface area contributed by atoms with Gasteiger partial charge in [0, 0.05) is 31.9 Å². The number of aromatic nitrogens is 1. The van der Waals surface area contributed by atoms with Crippen LogP contribution in [0.1, 0.15) is 36.2 Å². The van der Waals surface area contributed by atoms with Gasteiger partial charge in [0.25, 0.3) is 5.91 Å². The number of nitrogens with one attached hydrogen (secondary N) is 1. The molecule has 1 amide bonds. The number of hydrogen-bond donors (Lipinski definition) is 1. The van der Waals surface area contributed by atoms with E-state index in [0.29, 0.717) is 29.7 Å². The Morgan fingerprint density at radius 1 is 1.29 bits per heavy atom. The van der Waals surface area contributed by atoms with Crippen LogP contribution in [0.25, 0.3) is 0 Å². The average Bonchev–Trinajstić information content (AvgIpc) is 3.08. The number of hydrogen-bond acceptors (Lipinski definition) is 3. The van der Waals surface area contributed by atoms with Crippen LogP contribution in [0.3, 0.4) is 0 Å². The number of fused-ring (bicyclic) bond motifs is 1. The Bertz CT molecular complexity index is 567. The molecule has 4 rings (SSSR count). The third kappa shape index (κ3) is 3.24. The van der Waals surface area contributed by atoms with E-state index >= 15 is 0 Å². The number of likely N-dealkylation sites (tertiary alicyclic amines) is 1. The Morgan fingerprint density at radius 2 is 2.04 bits per heavy atom. The number of H-pyrrole nitrogens is 1. The smallest absolute Gasteiger partial charge is 0.270 e. The molecule has 1 aromatic heterocycles. The third-order valence-electron chi connectivity index (χ3n) is 6.11. The highest BCUT2D eigenvalue weighted by molar-refractivity contribution is 5.92. The molecule has 24 heavy (non-hydrogen) atoms. The van der Waals surface area contributed by atoms with Crippen LogP contribution in [0, 0.1) is 17.8 Å². The maximum atomic E-state index is 12.6. The minimum atomic E-state index is 0.145. The van der Waals surface area contributed by atoms with Gasteiger partial charge in [-0.25, -0.2) is 0 Å². The summed E-state index contributed by atoms with van der Waals surface area (Å²) >= 11 is 0. The second kappa shape index (κ2) is 6.52. The number of rotatable bonds is 5. The van der Waals surface area contributed by atoms with Gasteiger partial charge in [0.1, 0.15) is 5.69 Å². The lowest BCUT2D eigenvalue weighted by atomic mass is 9.77. The van der Waals surface area contributed by atoms with Crippen LogP contribution >= 0.6 is 0 Å². The van der Waals surface area contributed by atoms with E-state index in [0.717, 1.165) is 38.5 Å². The number of nitrogens with zero attached hydrogens (tertiary/aromatic N) is 2. The quantitative estimate of drug-likeness (QED) is 0.900. The third-order valence-corrected chi connectivity index (χ3v) is 6.11. The zero-order chi connectivity index (χ0) is 16.7. The minimum absolute atomic E-state index is 0.145. The van der Waals surface area contributed by atoms with Crippen LogP contribution in [-0.4, -0.2) is 66.6 Å². The van der Waals surface area contributed by atoms with Gasteiger partial charge in [-0.15, -0.1) is 0 Å². The van der Waals surface area contributed by atoms with Gasteiger partial charge in [0.15, 0.2) is 0 Å². The Kier molecular flexibility index (Phi) is 4.39. The number of carbonyl (C=O) groups excluding carboxylic acids is 1. The lowest BCUT2D eigenvalue weighted by molar-refractivity contribution is -0.0493. The molecule has 2 aliphatic carbocycles. The molecule has 0 radical (unpaired) electrons. The molecular formula is C19H29N3O2. The predicted molar refractivity (Wildman–Crippen MR) is 92.8 cm³/mol. The van der Waals surface area contributed by atoms with Crippen LogP contribution < -0.4 is 0 Å². The summed E-state index contributed by atoms with van der Waals surface area (Å²) < 4.78 is 6.31. The highest BCUT2D eigenvalue weighted by Crippen LogP contribution is 2.40. The first-order chi connectivity index (χ1) is 11.6. The molecule has 4 atom stereocenters. The summed E-state index contributed by atoms with van der Waals surface area (Å²) in [5, 5.41) is 0. The Hall–Kier alpha value is -1.33. The van der Waals surface area contributed by atoms with Crippen molar-refractivity contribution in [2.75, 3.05) is 33.8 Å². The molecule has 1 aromatic rings. The summed E-state index contributed by atoms with van der Waals surface area (Å²) in [7, 11) is 4.32. The summed E-state index contributed by atoms with van der Waals surface area (Å²) in [5.74, 6) is 2.15. The molecule has 1 aliphatic heterocycles. The SMILES string of the molecule is CN(C)[C@@H]1C[C@@H]2CN(C(=O)c3ccc[nH]3)C[C@@H]2C[C@H]1OCC1CC1. The number of amides is 1. The second-order valence-electron chi connectivity index (χ2n) is 8.13. The first-order valence-electron chi connectivity index (χ1n) is 9.32. The molecule has 0 unspecified atom stereocenters. The summed E-state index contributed by atoms with van der Waals surface area (Å²) in [6.07, 6.45) is 7.05. The summed E-state index contributed by atoms with van der Waals surface area (Å²) in [5.41, 5.74) is 0.708. The van der Waals surface area contributed by atoms with Crippen molar-refractivity contribution in [3.05, 3.63) is 24.0 Å². The monoisotopic (exact) mass is 331 g/mol. The van der Waals surface area contributed by atoms with E-state index in [1.807, 2.05) is 23.2 Å². The molecule has 2 heterocycles. The Morgan fingerprint density at radius 3 is 2.67 bits per heavy atom. The molecule has 0 bridgehead atoms. The van der Waals surface area contributed by atoms with Crippen LogP contribution in [-0.2, 0) is 4.74 Å². The lowest BCUT2D eigenvalue weighted by Gasteiger charge is -2.41. The molecule has 1 saturated heterocycles. The molecule has 132 valence electrons. The summed E-state index contributed by atoms with van der Waals surface area (Å²) in [6.45, 7) is 2.70. The van der Waals surface area contributed by atoms with Crippen molar-refractivity contribution in [2.45, 2.75) is 37.8 Å². The average molecular weight is 331 g/mol. The van der Waals surface area contributed by atoms with Crippen molar-refractivity contribution in [1.29, 1.82) is 0 Å². The van der Waals surface area contributed by atoms with Gasteiger partial charge in [-0.2, -0.15) is 0 Å². The zero-order valence-electron chi connectivity index (χ0n) is 14.8. The van der Waals surface area contributed by atoms with Gasteiger partial charge in [-0.3, -0.25) is 4.79 Å². The number of ether oxygens (including phenoxy) is 1. The fourth-order valence-electron chi connectivity index (χ4n) is 4.46. The predicted octanol–water partition coefficient (Wildman–Crippen LogP) is 2.22. The fourth-order valence-corrected chi connectivity index (χ4v) is 4.46. The highest BCUT2D eigenvalue weighted by Gasteiger charge is 2.45. The van der Waals surface area contributed by atoms with Crippen molar-refractivity contribution in [3.8, 4) is 0 Å². The minimum Gasteiger partial charge on any atom is -0.376 e. The lowest BCUT2D eigenvalue weighted by Crippen LogP contribution is -2.48. The van der Waals surface area contributed by atoms with Crippen molar-refractivity contribution >= 4 is 5.91 Å². The van der Waals surface area contributed by atoms with Crippen LogP contribution in [0.5, 0.6) is 0 Å². The van der Waals surface area contributed by atoms with Gasteiger partial charge in [-0.1, -0.05) is 0 Å². The van der Waals surface area contributed by atoms with Gasteiger partial charge >= 0.3 is 0 Å². The zero-order valence-corrected chi connectivity index (χ0v) is 14.8. The molecular weight excluding hydrogens is 302 g/mol. The van der Waals surface area contributed by atoms with Crippen molar-refractivity contribution in [2.24, 2.45) is 17.8 Å². The fraction of sp³-hybridized carbons (Fsp3) is 0.737. The molecule has 5 nitrogen and oxygen atoms in total. The van der Waals surface area contributed by atoms with Crippen molar-refractivity contribution < 1.29 is 9.53 Å². The standard InChI is InChI=1S/C19H29N3O2/c1-21(2)17-8-14-10-22(19(23)16-4-3-7-20-16)11-15(14)9-18(17)24-12-13-5-6-13/h3-4,7,13-15,17-18,20H,5-6,8-12H2,1-2H3/t14-,15+,17-,18-/m1/s1. The second-order valence-corrected chi connectivity index (χ2v) is 8.13. The normalized spacial score (nSPS) is 33.0. The van der Waals surface area contributed by atoms with Gasteiger partial charge in [0.05, 0.1) is 6.10 Å². The topological polar surface area (TPSA) is 48.6 Å². The first kappa shape index (κ1) is 16.2. The van der Waals surface area contributed by atoms with Gasteiger partial charge < -0.3 is 19.5 Å². The molecule has 1 N–H and O–H groups in total. The maximum Gasteiger partial charge on any atom is 0.270 e. The molecule has 0 spiro atoms. The van der Waals surface area contributed by atoms with E-state index in [-0.39, 0.29) is 5.91 Å². The number of likely N-dealkylation sites (N-methyl/N-ethyl adjacent to an activating group) is 1. The molecule has 3 fully saturated rings. The summed E-state index contributed by atoms with van der Waals surface area (Å²) in [4.78, 5) is 20.0. The Balaban J connectivity index is 1.41. The van der Waals surface area contributed by atoms with Crippen LogP contribution in [0.15, 0.2) is 18.3 Å². The molecule has 3 aliphatic rings. The summed E-state index contributed by atoms with van der Waals surface area (Å²) in [6, 6.07) is 4.24. The van der Waals surface area contributed by atoms with Crippen molar-refractivity contribution in [1.82, 2.24) is 14.8 Å². The van der Waals surface area contributed by atoms with E-state index in [1.165, 1.54) is 12.8 Å². The van der Waals surface area contributed by atoms with E-state index in [2.05, 4.69) is 24.0 Å². The van der Waals surface area contributed by atoms with E-state index in [4.69, 9.17) is 4.74 Å². The Labute approximate surface area is 144 Å². The van der Waals surface area contributed by atoms with Crippen LogP contribution in [0.2, 0.25) is 0 Å². The first-order valence-corrected chi connectivity index (χ1v) is 9.32. The number of aromatic amines is 1. The maximum absolute atomic E-state index is 12.6. The van der Waals surface area contributed by atoms with E-state index < -0.39 is 0 Å². The molecule has 0 aromatic carbocycles. The van der Waals surface area contributed by atoms with E-state index in [1.54, 1.807) is 0 Å². The van der Waals surface area contributed by atoms with Crippen molar-refractivity contribution in [3.63, 3.8) is 0 Å². The van der Waals surface area contributed by atoms with Gasteiger partial charge in [0.2, 0.25) is 0 Å². The molecule has 5 heteroatoms. The molecule has 2 saturated carbocycles. The highest BCUT2D eigenvalue weighted by atomic mass is 16.5. The largest absolute Gasteiger partial charge is 0.376 e. The van der Waals surface area contributed by atoms with Crippen LogP contribution in [0.4, 0.5) is 0 Å². The van der Waals surface area contributed by atoms with E-state index in [9.17, 15) is 4.79 Å². The number of carbonyl (C=O) groups is 1.